The van der Waals surface area contributed by atoms with Gasteiger partial charge >= 0.3 is 0 Å². The Bertz CT molecular complexity index is 156. The molecular weight excluding hydrogens is 140 g/mol. The van der Waals surface area contributed by atoms with E-state index in [0.29, 0.717) is 5.92 Å². The van der Waals surface area contributed by atoms with Crippen LogP contribution in [0.4, 0.5) is 0 Å². The third kappa shape index (κ3) is 2.80. The Kier molecular flexibility index (Phi) is 3.23. The molecule has 0 saturated carbocycles. The molecule has 3 nitrogen and oxygen atoms in total. The van der Waals surface area contributed by atoms with Crippen LogP contribution in [0.5, 0.6) is 0 Å². The topological polar surface area (TPSA) is 55.5 Å². The van der Waals surface area contributed by atoms with Crippen LogP contribution in [-0.4, -0.2) is 25.1 Å². The fourth-order valence-corrected chi connectivity index (χ4v) is 1.34. The van der Waals surface area contributed by atoms with Crippen LogP contribution in [0.25, 0.3) is 0 Å². The van der Waals surface area contributed by atoms with Gasteiger partial charge in [-0.3, -0.25) is 4.99 Å². The number of nitrogens with zero attached hydrogens (tertiary/aromatic N) is 1. The first-order valence-corrected chi connectivity index (χ1v) is 4.02. The van der Waals surface area contributed by atoms with E-state index in [-0.39, 0.29) is 6.04 Å². The molecular formula is C8H14N2O. The van der Waals surface area contributed by atoms with Crippen LogP contribution >= 0.6 is 0 Å². The Morgan fingerprint density at radius 3 is 3.18 bits per heavy atom. The maximum Gasteiger partial charge on any atom is 0.136 e. The molecule has 1 aliphatic rings. The molecule has 0 bridgehead atoms. The monoisotopic (exact) mass is 154 g/mol. The summed E-state index contributed by atoms with van der Waals surface area (Å²) in [5.41, 5.74) is 5.49. The Balaban J connectivity index is 2.25. The lowest BCUT2D eigenvalue weighted by atomic mass is 9.93. The minimum atomic E-state index is -0.272. The van der Waals surface area contributed by atoms with Gasteiger partial charge in [0.2, 0.25) is 0 Å². The van der Waals surface area contributed by atoms with Crippen LogP contribution in [0.1, 0.15) is 19.3 Å². The number of aliphatic imine (C=N–C) groups is 1. The van der Waals surface area contributed by atoms with Crippen molar-refractivity contribution in [1.29, 1.82) is 0 Å². The molecule has 1 unspecified atom stereocenters. The van der Waals surface area contributed by atoms with Crippen molar-refractivity contribution >= 4 is 12.5 Å². The summed E-state index contributed by atoms with van der Waals surface area (Å²) in [4.78, 5) is 14.3. The van der Waals surface area contributed by atoms with Crippen molar-refractivity contribution in [2.24, 2.45) is 16.6 Å². The van der Waals surface area contributed by atoms with Crippen molar-refractivity contribution < 1.29 is 4.79 Å². The van der Waals surface area contributed by atoms with E-state index in [1.807, 2.05) is 6.21 Å². The summed E-state index contributed by atoms with van der Waals surface area (Å²) in [6.45, 7) is 0.899. The quantitative estimate of drug-likeness (QED) is 0.597. The Morgan fingerprint density at radius 2 is 2.64 bits per heavy atom. The first-order chi connectivity index (χ1) is 5.33. The second-order valence-electron chi connectivity index (χ2n) is 3.01. The first kappa shape index (κ1) is 8.40. The van der Waals surface area contributed by atoms with Gasteiger partial charge in [0.25, 0.3) is 0 Å². The number of nitrogens with two attached hydrogens (primary N) is 1. The van der Waals surface area contributed by atoms with Crippen molar-refractivity contribution in [1.82, 2.24) is 0 Å². The van der Waals surface area contributed by atoms with Crippen LogP contribution in [-0.2, 0) is 4.79 Å². The molecule has 0 saturated heterocycles. The third-order valence-corrected chi connectivity index (χ3v) is 2.01. The number of hydrogen-bond donors (Lipinski definition) is 1. The van der Waals surface area contributed by atoms with Crippen LogP contribution in [0.3, 0.4) is 0 Å². The summed E-state index contributed by atoms with van der Waals surface area (Å²) in [5, 5.41) is 0. The van der Waals surface area contributed by atoms with E-state index in [0.717, 1.165) is 32.1 Å². The summed E-state index contributed by atoms with van der Waals surface area (Å²) < 4.78 is 0. The van der Waals surface area contributed by atoms with E-state index in [9.17, 15) is 4.79 Å². The average Bonchev–Trinajstić information content (AvgIpc) is 2.06. The summed E-state index contributed by atoms with van der Waals surface area (Å²) >= 11 is 0. The predicted octanol–water partition coefficient (Wildman–Crippen LogP) is 0.383. The van der Waals surface area contributed by atoms with Gasteiger partial charge in [0, 0.05) is 6.54 Å². The molecule has 2 atom stereocenters. The average molecular weight is 154 g/mol. The van der Waals surface area contributed by atoms with Gasteiger partial charge in [-0.1, -0.05) is 0 Å². The molecule has 0 amide bonds. The molecule has 0 aromatic rings. The molecule has 0 aromatic heterocycles. The van der Waals surface area contributed by atoms with E-state index in [4.69, 9.17) is 5.73 Å². The van der Waals surface area contributed by atoms with Gasteiger partial charge in [-0.25, -0.2) is 0 Å². The number of carbonyl (C=O) groups excluding carboxylic acids is 1. The van der Waals surface area contributed by atoms with Crippen LogP contribution in [0.15, 0.2) is 4.99 Å². The van der Waals surface area contributed by atoms with E-state index in [2.05, 4.69) is 4.99 Å². The number of aldehydes is 1. The van der Waals surface area contributed by atoms with Crippen molar-refractivity contribution in [2.75, 3.05) is 6.54 Å². The lowest BCUT2D eigenvalue weighted by Gasteiger charge is -2.17. The highest BCUT2D eigenvalue weighted by molar-refractivity contribution is 5.59. The second-order valence-corrected chi connectivity index (χ2v) is 3.01. The largest absolute Gasteiger partial charge is 0.322 e. The molecule has 11 heavy (non-hydrogen) atoms. The molecule has 1 heterocycles. The summed E-state index contributed by atoms with van der Waals surface area (Å²) in [5.74, 6) is 0.577. The van der Waals surface area contributed by atoms with Crippen LogP contribution in [0.2, 0.25) is 0 Å². The van der Waals surface area contributed by atoms with Gasteiger partial charge in [0.1, 0.15) is 6.29 Å². The molecule has 0 aromatic carbocycles. The number of carbonyl (C=O) groups is 1. The maximum atomic E-state index is 10.2. The zero-order valence-electron chi connectivity index (χ0n) is 6.57. The fourth-order valence-electron chi connectivity index (χ4n) is 1.34. The molecule has 62 valence electrons. The van der Waals surface area contributed by atoms with Crippen LogP contribution in [0, 0.1) is 5.92 Å². The number of rotatable bonds is 3. The summed E-state index contributed by atoms with van der Waals surface area (Å²) in [6, 6.07) is -0.272. The predicted molar refractivity (Wildman–Crippen MR) is 44.7 cm³/mol. The summed E-state index contributed by atoms with van der Waals surface area (Å²) in [7, 11) is 0. The van der Waals surface area contributed by atoms with Crippen molar-refractivity contribution in [3.63, 3.8) is 0 Å². The highest BCUT2D eigenvalue weighted by Gasteiger charge is 2.13. The van der Waals surface area contributed by atoms with Gasteiger partial charge < -0.3 is 10.5 Å². The fraction of sp³-hybridized carbons (Fsp3) is 0.750. The first-order valence-electron chi connectivity index (χ1n) is 4.02. The van der Waals surface area contributed by atoms with Gasteiger partial charge in [0.05, 0.1) is 6.04 Å². The molecule has 0 fully saturated rings. The zero-order chi connectivity index (χ0) is 8.10. The summed E-state index contributed by atoms with van der Waals surface area (Å²) in [6.07, 6.45) is 5.65. The van der Waals surface area contributed by atoms with Gasteiger partial charge in [-0.05, 0) is 31.4 Å². The van der Waals surface area contributed by atoms with E-state index < -0.39 is 0 Å². The van der Waals surface area contributed by atoms with Crippen molar-refractivity contribution in [3.8, 4) is 0 Å². The molecule has 1 rings (SSSR count). The Labute approximate surface area is 66.7 Å². The second kappa shape index (κ2) is 4.23. The Morgan fingerprint density at radius 1 is 1.82 bits per heavy atom. The number of hydrogen-bond acceptors (Lipinski definition) is 3. The normalized spacial score (nSPS) is 26.5. The van der Waals surface area contributed by atoms with Gasteiger partial charge in [0.15, 0.2) is 0 Å². The van der Waals surface area contributed by atoms with Gasteiger partial charge in [-0.2, -0.15) is 0 Å². The van der Waals surface area contributed by atoms with E-state index in [1.165, 1.54) is 0 Å². The molecule has 0 aliphatic carbocycles. The lowest BCUT2D eigenvalue weighted by Crippen LogP contribution is -2.26. The standard InChI is InChI=1S/C8H14N2O/c9-8(6-11)5-7-1-3-10-4-2-7/h3,6-8H,1-2,4-5,9H2/t7?,8-/m0/s1. The maximum absolute atomic E-state index is 10.2. The van der Waals surface area contributed by atoms with Crippen molar-refractivity contribution in [3.05, 3.63) is 0 Å². The van der Waals surface area contributed by atoms with E-state index >= 15 is 0 Å². The van der Waals surface area contributed by atoms with Crippen molar-refractivity contribution in [2.45, 2.75) is 25.3 Å². The molecule has 2 N–H and O–H groups in total. The lowest BCUT2D eigenvalue weighted by molar-refractivity contribution is -0.109. The molecule has 0 spiro atoms. The molecule has 3 heteroatoms. The minimum absolute atomic E-state index is 0.272. The molecule has 1 aliphatic heterocycles. The van der Waals surface area contributed by atoms with E-state index in [1.54, 1.807) is 0 Å². The molecule has 0 radical (unpaired) electrons. The zero-order valence-corrected chi connectivity index (χ0v) is 6.57. The smallest absolute Gasteiger partial charge is 0.136 e. The highest BCUT2D eigenvalue weighted by Crippen LogP contribution is 2.16. The third-order valence-electron chi connectivity index (χ3n) is 2.01. The highest BCUT2D eigenvalue weighted by atomic mass is 16.1. The van der Waals surface area contributed by atoms with Gasteiger partial charge in [-0.15, -0.1) is 0 Å². The minimum Gasteiger partial charge on any atom is -0.322 e. The Hall–Kier alpha value is -0.700. The SMILES string of the molecule is N[C@H](C=O)CC1CC=NCC1. The van der Waals surface area contributed by atoms with Crippen LogP contribution < -0.4 is 5.73 Å².